The van der Waals surface area contributed by atoms with Crippen LogP contribution in [-0.4, -0.2) is 32.6 Å². The minimum absolute atomic E-state index is 0.259. The molecule has 0 unspecified atom stereocenters. The molecule has 0 bridgehead atoms. The minimum Gasteiger partial charge on any atom is -0.490 e. The van der Waals surface area contributed by atoms with E-state index < -0.39 is 0 Å². The summed E-state index contributed by atoms with van der Waals surface area (Å²) in [4.78, 5) is 21.6. The van der Waals surface area contributed by atoms with Crippen LogP contribution in [0.1, 0.15) is 30.1 Å². The molecule has 0 N–H and O–H groups in total. The molecule has 5 nitrogen and oxygen atoms in total. The van der Waals surface area contributed by atoms with Crippen LogP contribution in [0.5, 0.6) is 11.5 Å². The number of methoxy groups -OCH3 is 1. The molecular formula is C14H18O5. The average molecular weight is 266 g/mol. The highest BCUT2D eigenvalue weighted by Crippen LogP contribution is 2.28. The molecule has 19 heavy (non-hydrogen) atoms. The molecule has 0 heterocycles. The summed E-state index contributed by atoms with van der Waals surface area (Å²) in [7, 11) is 1.36. The van der Waals surface area contributed by atoms with E-state index >= 15 is 0 Å². The highest BCUT2D eigenvalue weighted by molar-refractivity contribution is 5.76. The second-order valence-corrected chi connectivity index (χ2v) is 3.79. The van der Waals surface area contributed by atoms with Gasteiger partial charge in [0.05, 0.1) is 20.3 Å². The molecule has 0 radical (unpaired) electrons. The second kappa shape index (κ2) is 8.13. The van der Waals surface area contributed by atoms with Gasteiger partial charge in [0, 0.05) is 12.0 Å². The van der Waals surface area contributed by atoms with Gasteiger partial charge in [-0.1, -0.05) is 0 Å². The summed E-state index contributed by atoms with van der Waals surface area (Å²) in [6.45, 7) is 2.73. The van der Waals surface area contributed by atoms with Gasteiger partial charge in [-0.2, -0.15) is 0 Å². The molecule has 0 aliphatic rings. The summed E-state index contributed by atoms with van der Waals surface area (Å²) in [5.74, 6) is 0.840. The third-order valence-corrected chi connectivity index (χ3v) is 2.41. The lowest BCUT2D eigenvalue weighted by atomic mass is 10.2. The van der Waals surface area contributed by atoms with E-state index in [1.807, 2.05) is 6.92 Å². The maximum Gasteiger partial charge on any atom is 0.305 e. The van der Waals surface area contributed by atoms with Crippen LogP contribution >= 0.6 is 0 Å². The van der Waals surface area contributed by atoms with E-state index in [-0.39, 0.29) is 5.97 Å². The Morgan fingerprint density at radius 1 is 1.26 bits per heavy atom. The Morgan fingerprint density at radius 2 is 2.05 bits per heavy atom. The fourth-order valence-electron chi connectivity index (χ4n) is 1.49. The summed E-state index contributed by atoms with van der Waals surface area (Å²) in [6, 6.07) is 4.98. The van der Waals surface area contributed by atoms with Crippen molar-refractivity contribution in [2.24, 2.45) is 0 Å². The topological polar surface area (TPSA) is 61.8 Å². The maximum absolute atomic E-state index is 10.9. The van der Waals surface area contributed by atoms with Gasteiger partial charge in [-0.3, -0.25) is 9.59 Å². The molecule has 1 aromatic carbocycles. The van der Waals surface area contributed by atoms with E-state index in [2.05, 4.69) is 4.74 Å². The highest BCUT2D eigenvalue weighted by Gasteiger charge is 2.07. The first-order chi connectivity index (χ1) is 9.21. The van der Waals surface area contributed by atoms with E-state index in [0.29, 0.717) is 43.1 Å². The third kappa shape index (κ3) is 4.99. The summed E-state index contributed by atoms with van der Waals surface area (Å²) in [5.41, 5.74) is 0.533. The van der Waals surface area contributed by atoms with Crippen molar-refractivity contribution in [2.45, 2.75) is 19.8 Å². The van der Waals surface area contributed by atoms with Gasteiger partial charge in [0.1, 0.15) is 6.29 Å². The van der Waals surface area contributed by atoms with Gasteiger partial charge in [0.2, 0.25) is 0 Å². The summed E-state index contributed by atoms with van der Waals surface area (Å²) in [5, 5.41) is 0. The smallest absolute Gasteiger partial charge is 0.305 e. The lowest BCUT2D eigenvalue weighted by Crippen LogP contribution is -2.05. The predicted octanol–water partition coefficient (Wildman–Crippen LogP) is 2.23. The van der Waals surface area contributed by atoms with Crippen LogP contribution in [0.25, 0.3) is 0 Å². The van der Waals surface area contributed by atoms with E-state index in [0.717, 1.165) is 6.29 Å². The second-order valence-electron chi connectivity index (χ2n) is 3.79. The van der Waals surface area contributed by atoms with E-state index in [1.54, 1.807) is 18.2 Å². The standard InChI is InChI=1S/C14H18O5/c1-3-18-13-9-11(10-15)6-7-12(13)19-8-4-5-14(16)17-2/h6-7,9-10H,3-5,8H2,1-2H3. The molecular weight excluding hydrogens is 248 g/mol. The van der Waals surface area contributed by atoms with Gasteiger partial charge in [0.15, 0.2) is 11.5 Å². The molecule has 0 amide bonds. The predicted molar refractivity (Wildman–Crippen MR) is 69.7 cm³/mol. The molecule has 0 atom stereocenters. The number of rotatable bonds is 8. The lowest BCUT2D eigenvalue weighted by Gasteiger charge is -2.12. The molecule has 0 aliphatic carbocycles. The third-order valence-electron chi connectivity index (χ3n) is 2.41. The Bertz CT molecular complexity index is 428. The highest BCUT2D eigenvalue weighted by atomic mass is 16.5. The Labute approximate surface area is 112 Å². The van der Waals surface area contributed by atoms with Crippen LogP contribution in [0, 0.1) is 0 Å². The van der Waals surface area contributed by atoms with Crippen molar-refractivity contribution in [2.75, 3.05) is 20.3 Å². The van der Waals surface area contributed by atoms with Crippen molar-refractivity contribution < 1.29 is 23.8 Å². The molecule has 0 spiro atoms. The van der Waals surface area contributed by atoms with Gasteiger partial charge >= 0.3 is 5.97 Å². The lowest BCUT2D eigenvalue weighted by molar-refractivity contribution is -0.140. The van der Waals surface area contributed by atoms with Gasteiger partial charge in [0.25, 0.3) is 0 Å². The maximum atomic E-state index is 10.9. The Hall–Kier alpha value is -2.04. The monoisotopic (exact) mass is 266 g/mol. The van der Waals surface area contributed by atoms with Gasteiger partial charge in [-0.25, -0.2) is 0 Å². The number of hydrogen-bond acceptors (Lipinski definition) is 5. The normalized spacial score (nSPS) is 9.79. The Kier molecular flexibility index (Phi) is 6.43. The zero-order valence-corrected chi connectivity index (χ0v) is 11.2. The molecule has 0 saturated carbocycles. The molecule has 104 valence electrons. The summed E-state index contributed by atoms with van der Waals surface area (Å²) in [6.07, 6.45) is 1.63. The molecule has 5 heteroatoms. The van der Waals surface area contributed by atoms with Crippen LogP contribution < -0.4 is 9.47 Å². The van der Waals surface area contributed by atoms with Gasteiger partial charge in [-0.15, -0.1) is 0 Å². The van der Waals surface area contributed by atoms with Crippen LogP contribution in [-0.2, 0) is 9.53 Å². The van der Waals surface area contributed by atoms with Crippen LogP contribution in [0.15, 0.2) is 18.2 Å². The molecule has 0 aliphatic heterocycles. The molecule has 1 rings (SSSR count). The number of ether oxygens (including phenoxy) is 3. The number of benzene rings is 1. The minimum atomic E-state index is -0.259. The SMILES string of the molecule is CCOc1cc(C=O)ccc1OCCCC(=O)OC. The first-order valence-electron chi connectivity index (χ1n) is 6.13. The van der Waals surface area contributed by atoms with Crippen LogP contribution in [0.3, 0.4) is 0 Å². The summed E-state index contributed by atoms with van der Waals surface area (Å²) >= 11 is 0. The van der Waals surface area contributed by atoms with Crippen molar-refractivity contribution in [3.05, 3.63) is 23.8 Å². The van der Waals surface area contributed by atoms with E-state index in [1.165, 1.54) is 7.11 Å². The molecule has 1 aromatic rings. The van der Waals surface area contributed by atoms with Crippen LogP contribution in [0.2, 0.25) is 0 Å². The molecule has 0 fully saturated rings. The zero-order chi connectivity index (χ0) is 14.1. The largest absolute Gasteiger partial charge is 0.490 e. The number of aldehydes is 1. The fourth-order valence-corrected chi connectivity index (χ4v) is 1.49. The Balaban J connectivity index is 2.56. The number of esters is 1. The van der Waals surface area contributed by atoms with E-state index in [9.17, 15) is 9.59 Å². The van der Waals surface area contributed by atoms with Crippen molar-refractivity contribution in [3.8, 4) is 11.5 Å². The quantitative estimate of drug-likeness (QED) is 0.410. The van der Waals surface area contributed by atoms with Crippen molar-refractivity contribution in [1.82, 2.24) is 0 Å². The van der Waals surface area contributed by atoms with Crippen molar-refractivity contribution in [1.29, 1.82) is 0 Å². The van der Waals surface area contributed by atoms with Crippen molar-refractivity contribution in [3.63, 3.8) is 0 Å². The van der Waals surface area contributed by atoms with Crippen molar-refractivity contribution >= 4 is 12.3 Å². The van der Waals surface area contributed by atoms with Crippen LogP contribution in [0.4, 0.5) is 0 Å². The average Bonchev–Trinajstić information content (AvgIpc) is 2.44. The number of hydrogen-bond donors (Lipinski definition) is 0. The first-order valence-corrected chi connectivity index (χ1v) is 6.13. The Morgan fingerprint density at radius 3 is 2.68 bits per heavy atom. The molecule has 0 saturated heterocycles. The van der Waals surface area contributed by atoms with Gasteiger partial charge in [-0.05, 0) is 31.5 Å². The number of carbonyl (C=O) groups is 2. The van der Waals surface area contributed by atoms with E-state index in [4.69, 9.17) is 9.47 Å². The van der Waals surface area contributed by atoms with Gasteiger partial charge < -0.3 is 14.2 Å². The fraction of sp³-hybridized carbons (Fsp3) is 0.429. The zero-order valence-electron chi connectivity index (χ0n) is 11.2. The summed E-state index contributed by atoms with van der Waals surface area (Å²) < 4.78 is 15.5. The molecule has 0 aromatic heterocycles. The number of carbonyl (C=O) groups excluding carboxylic acids is 2. The first kappa shape index (κ1) is 15.0.